The molecule has 6 heteroatoms. The van der Waals surface area contributed by atoms with E-state index in [0.717, 1.165) is 11.1 Å². The van der Waals surface area contributed by atoms with E-state index in [4.69, 9.17) is 0 Å². The fourth-order valence-corrected chi connectivity index (χ4v) is 2.89. The Morgan fingerprint density at radius 2 is 1.65 bits per heavy atom. The quantitative estimate of drug-likeness (QED) is 0.555. The summed E-state index contributed by atoms with van der Waals surface area (Å²) in [5.41, 5.74) is 2.80. The van der Waals surface area contributed by atoms with Crippen LogP contribution < -0.4 is 10.9 Å². The van der Waals surface area contributed by atoms with Gasteiger partial charge in [-0.3, -0.25) is 4.79 Å². The highest BCUT2D eigenvalue weighted by Gasteiger charge is 2.15. The first-order valence-corrected chi connectivity index (χ1v) is 8.17. The maximum atomic E-state index is 12.1. The summed E-state index contributed by atoms with van der Waals surface area (Å²) in [6.07, 6.45) is 1.35. The van der Waals surface area contributed by atoms with Crippen LogP contribution in [0.4, 0.5) is 5.69 Å². The fraction of sp³-hybridized carbons (Fsp3) is 0.0500. The number of hydrogen-bond donors (Lipinski definition) is 2. The maximum Gasteiger partial charge on any atom is 0.286 e. The number of hydrogen-bond acceptors (Lipinski definition) is 5. The lowest BCUT2D eigenvalue weighted by Crippen LogP contribution is -2.19. The van der Waals surface area contributed by atoms with Crippen LogP contribution in [-0.2, 0) is 6.54 Å². The summed E-state index contributed by atoms with van der Waals surface area (Å²) in [6, 6.07) is 20.8. The standard InChI is InChI=1S/C20H16N4O2/c25-17-11-16(21-12-14-7-3-1-4-8-14)18-19(15-9-5-2-6-10-15)22-13-23-20(18)24(17)26/h1-11,13,21,26H,12H2. The summed E-state index contributed by atoms with van der Waals surface area (Å²) < 4.78 is 0.553. The Hall–Kier alpha value is -3.67. The molecule has 4 aromatic rings. The lowest BCUT2D eigenvalue weighted by molar-refractivity contribution is 0.186. The molecule has 0 amide bonds. The maximum absolute atomic E-state index is 12.1. The van der Waals surface area contributed by atoms with Crippen molar-refractivity contribution in [2.75, 3.05) is 5.32 Å². The van der Waals surface area contributed by atoms with Gasteiger partial charge in [0.25, 0.3) is 5.56 Å². The Kier molecular flexibility index (Phi) is 4.07. The van der Waals surface area contributed by atoms with E-state index in [1.165, 1.54) is 12.4 Å². The Morgan fingerprint density at radius 3 is 2.38 bits per heavy atom. The van der Waals surface area contributed by atoms with Gasteiger partial charge in [-0.2, -0.15) is 0 Å². The van der Waals surface area contributed by atoms with Crippen LogP contribution in [0, 0.1) is 0 Å². The van der Waals surface area contributed by atoms with Gasteiger partial charge in [0.05, 0.1) is 16.8 Å². The molecule has 0 unspecified atom stereocenters. The minimum atomic E-state index is -0.550. The van der Waals surface area contributed by atoms with E-state index in [0.29, 0.717) is 28.0 Å². The van der Waals surface area contributed by atoms with Crippen LogP contribution in [0.5, 0.6) is 0 Å². The minimum Gasteiger partial charge on any atom is -0.423 e. The summed E-state index contributed by atoms with van der Waals surface area (Å²) in [7, 11) is 0. The molecule has 0 fully saturated rings. The van der Waals surface area contributed by atoms with E-state index in [-0.39, 0.29) is 5.65 Å². The number of aromatic nitrogens is 3. The van der Waals surface area contributed by atoms with Crippen molar-refractivity contribution in [3.05, 3.63) is 89.0 Å². The number of nitrogens with zero attached hydrogens (tertiary/aromatic N) is 3. The Morgan fingerprint density at radius 1 is 0.962 bits per heavy atom. The van der Waals surface area contributed by atoms with Gasteiger partial charge in [0, 0.05) is 18.2 Å². The van der Waals surface area contributed by atoms with Gasteiger partial charge >= 0.3 is 0 Å². The third-order valence-corrected chi connectivity index (χ3v) is 4.15. The molecule has 0 atom stereocenters. The zero-order valence-corrected chi connectivity index (χ0v) is 13.8. The Bertz CT molecular complexity index is 1110. The molecule has 0 bridgehead atoms. The van der Waals surface area contributed by atoms with Crippen molar-refractivity contribution in [3.8, 4) is 11.3 Å². The van der Waals surface area contributed by atoms with Crippen LogP contribution in [0.15, 0.2) is 77.9 Å². The summed E-state index contributed by atoms with van der Waals surface area (Å²) in [6.45, 7) is 0.536. The Balaban J connectivity index is 1.88. The van der Waals surface area contributed by atoms with Crippen LogP contribution >= 0.6 is 0 Å². The summed E-state index contributed by atoms with van der Waals surface area (Å²) in [5, 5.41) is 14.0. The van der Waals surface area contributed by atoms with Gasteiger partial charge in [-0.05, 0) is 5.56 Å². The second kappa shape index (κ2) is 6.68. The van der Waals surface area contributed by atoms with Gasteiger partial charge in [0.15, 0.2) is 5.65 Å². The second-order valence-electron chi connectivity index (χ2n) is 5.83. The number of anilines is 1. The molecule has 0 saturated heterocycles. The van der Waals surface area contributed by atoms with Crippen molar-refractivity contribution < 1.29 is 5.21 Å². The highest BCUT2D eigenvalue weighted by atomic mass is 16.5. The molecule has 128 valence electrons. The third kappa shape index (κ3) is 2.88. The first-order chi connectivity index (χ1) is 12.7. The van der Waals surface area contributed by atoms with Gasteiger partial charge < -0.3 is 10.5 Å². The molecule has 4 rings (SSSR count). The van der Waals surface area contributed by atoms with E-state index in [2.05, 4.69) is 15.3 Å². The van der Waals surface area contributed by atoms with E-state index in [1.54, 1.807) is 0 Å². The molecule has 0 spiro atoms. The lowest BCUT2D eigenvalue weighted by atomic mass is 10.1. The average molecular weight is 344 g/mol. The van der Waals surface area contributed by atoms with Gasteiger partial charge in [-0.1, -0.05) is 60.7 Å². The molecular weight excluding hydrogens is 328 g/mol. The van der Waals surface area contributed by atoms with Crippen LogP contribution in [0.25, 0.3) is 22.3 Å². The summed E-state index contributed by atoms with van der Waals surface area (Å²) >= 11 is 0. The van der Waals surface area contributed by atoms with Crippen molar-refractivity contribution in [1.82, 2.24) is 14.7 Å². The molecular formula is C20H16N4O2. The smallest absolute Gasteiger partial charge is 0.286 e. The highest BCUT2D eigenvalue weighted by Crippen LogP contribution is 2.30. The molecule has 0 aliphatic carbocycles. The van der Waals surface area contributed by atoms with E-state index >= 15 is 0 Å². The molecule has 0 saturated carbocycles. The molecule has 0 radical (unpaired) electrons. The monoisotopic (exact) mass is 344 g/mol. The topological polar surface area (TPSA) is 80.0 Å². The summed E-state index contributed by atoms with van der Waals surface area (Å²) in [4.78, 5) is 20.6. The fourth-order valence-electron chi connectivity index (χ4n) is 2.89. The average Bonchev–Trinajstić information content (AvgIpc) is 2.70. The molecule has 6 nitrogen and oxygen atoms in total. The molecule has 2 N–H and O–H groups in total. The van der Waals surface area contributed by atoms with Crippen molar-refractivity contribution in [1.29, 1.82) is 0 Å². The number of benzene rings is 2. The first kappa shape index (κ1) is 15.8. The Labute approximate surface area is 149 Å². The molecule has 0 aliphatic heterocycles. The zero-order valence-electron chi connectivity index (χ0n) is 13.8. The number of fused-ring (bicyclic) bond motifs is 1. The lowest BCUT2D eigenvalue weighted by Gasteiger charge is -2.13. The van der Waals surface area contributed by atoms with Gasteiger partial charge in [-0.15, -0.1) is 4.73 Å². The molecule has 26 heavy (non-hydrogen) atoms. The van der Waals surface area contributed by atoms with E-state index in [9.17, 15) is 10.0 Å². The van der Waals surface area contributed by atoms with Crippen molar-refractivity contribution >= 4 is 16.7 Å². The van der Waals surface area contributed by atoms with Crippen LogP contribution in [0.2, 0.25) is 0 Å². The number of rotatable bonds is 4. The predicted octanol–water partition coefficient (Wildman–Crippen LogP) is 3.31. The van der Waals surface area contributed by atoms with Crippen molar-refractivity contribution in [2.24, 2.45) is 0 Å². The van der Waals surface area contributed by atoms with Gasteiger partial charge in [-0.25, -0.2) is 9.97 Å². The number of nitrogens with one attached hydrogen (secondary N) is 1. The molecule has 2 aromatic carbocycles. The van der Waals surface area contributed by atoms with Crippen LogP contribution in [0.1, 0.15) is 5.56 Å². The van der Waals surface area contributed by atoms with Crippen molar-refractivity contribution in [2.45, 2.75) is 6.54 Å². The van der Waals surface area contributed by atoms with E-state index in [1.807, 2.05) is 60.7 Å². The molecule has 2 heterocycles. The van der Waals surface area contributed by atoms with Crippen molar-refractivity contribution in [3.63, 3.8) is 0 Å². The normalized spacial score (nSPS) is 10.8. The number of pyridine rings is 1. The van der Waals surface area contributed by atoms with E-state index < -0.39 is 5.56 Å². The zero-order chi connectivity index (χ0) is 17.9. The van der Waals surface area contributed by atoms with Crippen LogP contribution in [0.3, 0.4) is 0 Å². The largest absolute Gasteiger partial charge is 0.423 e. The third-order valence-electron chi connectivity index (χ3n) is 4.15. The minimum absolute atomic E-state index is 0.168. The van der Waals surface area contributed by atoms with Gasteiger partial charge in [0.1, 0.15) is 6.33 Å². The molecule has 2 aromatic heterocycles. The second-order valence-corrected chi connectivity index (χ2v) is 5.83. The molecule has 0 aliphatic rings. The van der Waals surface area contributed by atoms with Gasteiger partial charge in [0.2, 0.25) is 0 Å². The predicted molar refractivity (Wildman–Crippen MR) is 100 cm³/mol. The summed E-state index contributed by atoms with van der Waals surface area (Å²) in [5.74, 6) is 0. The SMILES string of the molecule is O=c1cc(NCc2ccccc2)c2c(-c3ccccc3)ncnc2n1O. The first-order valence-electron chi connectivity index (χ1n) is 8.17. The highest BCUT2D eigenvalue weighted by molar-refractivity contribution is 5.99. The van der Waals surface area contributed by atoms with Crippen LogP contribution in [-0.4, -0.2) is 19.9 Å².